The second-order valence-corrected chi connectivity index (χ2v) is 9.35. The summed E-state index contributed by atoms with van der Waals surface area (Å²) in [5.74, 6) is 0.0279. The van der Waals surface area contributed by atoms with E-state index in [0.29, 0.717) is 11.3 Å². The molecule has 0 radical (unpaired) electrons. The van der Waals surface area contributed by atoms with Crippen molar-refractivity contribution in [1.82, 2.24) is 10.2 Å². The van der Waals surface area contributed by atoms with Gasteiger partial charge in [-0.1, -0.05) is 42.5 Å². The van der Waals surface area contributed by atoms with Crippen molar-refractivity contribution in [3.63, 3.8) is 0 Å². The maximum atomic E-state index is 13.4. The van der Waals surface area contributed by atoms with Crippen molar-refractivity contribution < 1.29 is 29.3 Å². The van der Waals surface area contributed by atoms with E-state index in [2.05, 4.69) is 27.9 Å². The first-order valence-corrected chi connectivity index (χ1v) is 12.5. The van der Waals surface area contributed by atoms with E-state index < -0.39 is 18.2 Å². The fraction of sp³-hybridized carbons (Fsp3) is 0.385. The first-order valence-electron chi connectivity index (χ1n) is 11.5. The number of carbonyl (C=O) groups excluding carboxylic acids is 2. The number of hydrogen-bond acceptors (Lipinski definition) is 6. The van der Waals surface area contributed by atoms with Crippen LogP contribution in [0.3, 0.4) is 0 Å². The third-order valence-electron chi connectivity index (χ3n) is 5.77. The molecule has 0 saturated carbocycles. The monoisotopic (exact) mass is 594 g/mol. The number of hydrogen-bond donors (Lipinski definition) is 3. The highest BCUT2D eigenvalue weighted by Crippen LogP contribution is 2.30. The minimum absolute atomic E-state index is 0.103. The molecule has 0 aromatic heterocycles. The number of nitrogens with zero attached hydrogens (tertiary/aromatic N) is 1. The van der Waals surface area contributed by atoms with Crippen LogP contribution in [-0.2, 0) is 20.7 Å². The first-order chi connectivity index (χ1) is 16.9. The summed E-state index contributed by atoms with van der Waals surface area (Å²) in [5, 5.41) is 23.1. The van der Waals surface area contributed by atoms with Gasteiger partial charge in [-0.15, -0.1) is 0 Å². The SMILES string of the molecule is COCCN(C(=O)Cc1ccccc1)[C@@H]1CC(C(=O)NCCO)=C[C@H](Oc2ccccc2I)[C@H]1O. The molecule has 1 aliphatic rings. The number of halogens is 1. The molecule has 1 aliphatic carbocycles. The Balaban J connectivity index is 1.91. The quantitative estimate of drug-likeness (QED) is 0.344. The predicted octanol–water partition coefficient (Wildman–Crippen LogP) is 1.92. The highest BCUT2D eigenvalue weighted by molar-refractivity contribution is 14.1. The lowest BCUT2D eigenvalue weighted by Gasteiger charge is -2.40. The maximum absolute atomic E-state index is 13.4. The Labute approximate surface area is 219 Å². The van der Waals surface area contributed by atoms with Crippen LogP contribution >= 0.6 is 22.6 Å². The van der Waals surface area contributed by atoms with Crippen LogP contribution in [0.1, 0.15) is 12.0 Å². The minimum atomic E-state index is -1.07. The van der Waals surface area contributed by atoms with Crippen LogP contribution in [0.2, 0.25) is 0 Å². The summed E-state index contributed by atoms with van der Waals surface area (Å²) < 4.78 is 12.2. The number of aliphatic hydroxyl groups excluding tert-OH is 2. The number of nitrogens with one attached hydrogen (secondary N) is 1. The van der Waals surface area contributed by atoms with Gasteiger partial charge >= 0.3 is 0 Å². The van der Waals surface area contributed by atoms with Crippen LogP contribution in [0.25, 0.3) is 0 Å². The molecule has 0 saturated heterocycles. The molecule has 2 aromatic rings. The van der Waals surface area contributed by atoms with Crippen LogP contribution < -0.4 is 10.1 Å². The molecule has 0 heterocycles. The number of methoxy groups -OCH3 is 1. The zero-order chi connectivity index (χ0) is 25.2. The van der Waals surface area contributed by atoms with Crippen molar-refractivity contribution in [1.29, 1.82) is 0 Å². The molecule has 3 rings (SSSR count). The standard InChI is InChI=1S/C26H31IN2O6/c1-34-14-12-29(24(31)15-18-7-3-2-4-8-18)21-16-19(26(33)28-11-13-30)17-23(25(21)32)35-22-10-6-5-9-20(22)27/h2-10,17,21,23,25,30,32H,11-16H2,1H3,(H,28,33)/t21-,23+,25+/m1/s1. The average molecular weight is 594 g/mol. The molecule has 3 atom stereocenters. The Hall–Kier alpha value is -2.47. The summed E-state index contributed by atoms with van der Waals surface area (Å²) >= 11 is 2.15. The van der Waals surface area contributed by atoms with Crippen molar-refractivity contribution in [3.05, 3.63) is 75.4 Å². The molecule has 8 nitrogen and oxygen atoms in total. The van der Waals surface area contributed by atoms with Crippen molar-refractivity contribution >= 4 is 34.4 Å². The highest BCUT2D eigenvalue weighted by atomic mass is 127. The van der Waals surface area contributed by atoms with Crippen LogP contribution in [-0.4, -0.2) is 78.6 Å². The van der Waals surface area contributed by atoms with Crippen molar-refractivity contribution in [2.75, 3.05) is 33.4 Å². The summed E-state index contributed by atoms with van der Waals surface area (Å²) in [6, 6.07) is 16.1. The topological polar surface area (TPSA) is 108 Å². The zero-order valence-corrected chi connectivity index (χ0v) is 21.8. The Morgan fingerprint density at radius 2 is 1.86 bits per heavy atom. The fourth-order valence-corrected chi connectivity index (χ4v) is 4.52. The van der Waals surface area contributed by atoms with E-state index >= 15 is 0 Å². The lowest BCUT2D eigenvalue weighted by molar-refractivity contribution is -0.138. The van der Waals surface area contributed by atoms with E-state index in [0.717, 1.165) is 9.13 Å². The van der Waals surface area contributed by atoms with Crippen molar-refractivity contribution in [3.8, 4) is 5.75 Å². The molecule has 35 heavy (non-hydrogen) atoms. The molecule has 2 amide bonds. The number of amides is 2. The zero-order valence-electron chi connectivity index (χ0n) is 19.6. The Morgan fingerprint density at radius 3 is 2.54 bits per heavy atom. The Bertz CT molecular complexity index is 1020. The molecule has 188 valence electrons. The van der Waals surface area contributed by atoms with Gasteiger partial charge in [-0.2, -0.15) is 0 Å². The third-order valence-corrected chi connectivity index (χ3v) is 6.66. The number of aliphatic hydroxyl groups is 2. The molecule has 2 aromatic carbocycles. The molecule has 0 fully saturated rings. The van der Waals surface area contributed by atoms with Crippen molar-refractivity contribution in [2.45, 2.75) is 31.1 Å². The van der Waals surface area contributed by atoms with Gasteiger partial charge in [0.1, 0.15) is 18.0 Å². The molecule has 0 spiro atoms. The van der Waals surface area contributed by atoms with E-state index in [1.54, 1.807) is 24.2 Å². The summed E-state index contributed by atoms with van der Waals surface area (Å²) in [6.07, 6.45) is -0.0150. The van der Waals surface area contributed by atoms with Gasteiger partial charge in [0, 0.05) is 32.2 Å². The summed E-state index contributed by atoms with van der Waals surface area (Å²) in [6.45, 7) is 0.446. The van der Waals surface area contributed by atoms with Crippen LogP contribution in [0.4, 0.5) is 0 Å². The highest BCUT2D eigenvalue weighted by Gasteiger charge is 2.40. The minimum Gasteiger partial charge on any atom is -0.482 e. The van der Waals surface area contributed by atoms with E-state index in [1.807, 2.05) is 48.5 Å². The predicted molar refractivity (Wildman–Crippen MR) is 140 cm³/mol. The smallest absolute Gasteiger partial charge is 0.247 e. The number of para-hydroxylation sites is 1. The van der Waals surface area contributed by atoms with Gasteiger partial charge in [-0.3, -0.25) is 9.59 Å². The van der Waals surface area contributed by atoms with Crippen LogP contribution in [0.15, 0.2) is 66.2 Å². The van der Waals surface area contributed by atoms with Gasteiger partial charge in [0.05, 0.1) is 29.2 Å². The van der Waals surface area contributed by atoms with E-state index in [9.17, 15) is 14.7 Å². The normalized spacial score (nSPS) is 19.5. The second kappa shape index (κ2) is 13.6. The van der Waals surface area contributed by atoms with Gasteiger partial charge in [0.15, 0.2) is 0 Å². The summed E-state index contributed by atoms with van der Waals surface area (Å²) in [5.41, 5.74) is 1.24. The maximum Gasteiger partial charge on any atom is 0.247 e. The molecular weight excluding hydrogens is 563 g/mol. The summed E-state index contributed by atoms with van der Waals surface area (Å²) in [7, 11) is 1.55. The number of benzene rings is 2. The molecular formula is C26H31IN2O6. The third kappa shape index (κ3) is 7.50. The molecule has 3 N–H and O–H groups in total. The van der Waals surface area contributed by atoms with Crippen LogP contribution in [0.5, 0.6) is 5.75 Å². The van der Waals surface area contributed by atoms with E-state index in [1.165, 1.54) is 0 Å². The number of carbonyl (C=O) groups is 2. The largest absolute Gasteiger partial charge is 0.482 e. The van der Waals surface area contributed by atoms with Gasteiger partial charge in [-0.25, -0.2) is 0 Å². The van der Waals surface area contributed by atoms with Crippen LogP contribution in [0, 0.1) is 3.57 Å². The number of ether oxygens (including phenoxy) is 2. The first kappa shape index (κ1) is 27.1. The molecule has 9 heteroatoms. The lowest BCUT2D eigenvalue weighted by Crippen LogP contribution is -2.56. The summed E-state index contributed by atoms with van der Waals surface area (Å²) in [4.78, 5) is 27.8. The van der Waals surface area contributed by atoms with Gasteiger partial charge in [0.25, 0.3) is 0 Å². The van der Waals surface area contributed by atoms with Gasteiger partial charge in [0.2, 0.25) is 11.8 Å². The fourth-order valence-electron chi connectivity index (χ4n) is 4.00. The molecule has 0 bridgehead atoms. The second-order valence-electron chi connectivity index (χ2n) is 8.19. The molecule has 0 aliphatic heterocycles. The Kier molecular flexibility index (Phi) is 10.5. The van der Waals surface area contributed by atoms with E-state index in [-0.39, 0.29) is 51.0 Å². The lowest BCUT2D eigenvalue weighted by atomic mass is 9.88. The average Bonchev–Trinajstić information content (AvgIpc) is 2.86. The molecule has 0 unspecified atom stereocenters. The van der Waals surface area contributed by atoms with Gasteiger partial charge < -0.3 is 29.9 Å². The Morgan fingerprint density at radius 1 is 1.14 bits per heavy atom. The van der Waals surface area contributed by atoms with Gasteiger partial charge in [-0.05, 0) is 46.4 Å². The van der Waals surface area contributed by atoms with Crippen molar-refractivity contribution in [2.24, 2.45) is 0 Å². The van der Waals surface area contributed by atoms with E-state index in [4.69, 9.17) is 14.6 Å². The number of rotatable bonds is 11.